The van der Waals surface area contributed by atoms with Crippen molar-refractivity contribution in [1.82, 2.24) is 10.2 Å². The summed E-state index contributed by atoms with van der Waals surface area (Å²) in [6, 6.07) is 19.9. The monoisotopic (exact) mass is 595 g/mol. The number of halogens is 1. The van der Waals surface area contributed by atoms with Gasteiger partial charge in [0.1, 0.15) is 11.9 Å². The highest BCUT2D eigenvalue weighted by Crippen LogP contribution is 2.23. The van der Waals surface area contributed by atoms with Crippen molar-refractivity contribution in [3.63, 3.8) is 0 Å². The number of nitrogens with one attached hydrogen (secondary N) is 1. The van der Waals surface area contributed by atoms with Gasteiger partial charge in [-0.2, -0.15) is 0 Å². The van der Waals surface area contributed by atoms with E-state index in [1.54, 1.807) is 23.1 Å². The summed E-state index contributed by atoms with van der Waals surface area (Å²) in [5.74, 6) is -0.941. The molecular weight excluding hydrogens is 553 g/mol. The average Bonchev–Trinajstić information content (AvgIpc) is 2.95. The normalized spacial score (nSPS) is 12.8. The molecule has 0 heterocycles. The van der Waals surface area contributed by atoms with E-state index in [0.717, 1.165) is 29.4 Å². The van der Waals surface area contributed by atoms with Crippen molar-refractivity contribution in [2.45, 2.75) is 72.0 Å². The molecule has 0 fully saturated rings. The van der Waals surface area contributed by atoms with Gasteiger partial charge in [0.15, 0.2) is 0 Å². The van der Waals surface area contributed by atoms with Crippen LogP contribution in [0.1, 0.15) is 55.4 Å². The summed E-state index contributed by atoms with van der Waals surface area (Å²) in [5.41, 5.74) is 4.16. The fraction of sp³-hybridized carbons (Fsp3) is 0.394. The fourth-order valence-corrected chi connectivity index (χ4v) is 5.62. The van der Waals surface area contributed by atoms with Gasteiger partial charge in [-0.25, -0.2) is 12.8 Å². The molecule has 226 valence electrons. The minimum atomic E-state index is -3.60. The molecule has 2 amide bonds. The largest absolute Gasteiger partial charge is 0.352 e. The first-order chi connectivity index (χ1) is 19.9. The van der Waals surface area contributed by atoms with E-state index in [1.165, 1.54) is 16.4 Å². The van der Waals surface area contributed by atoms with Gasteiger partial charge in [-0.05, 0) is 80.1 Å². The summed E-state index contributed by atoms with van der Waals surface area (Å²) in [7, 11) is -3.60. The van der Waals surface area contributed by atoms with Crippen LogP contribution in [0.15, 0.2) is 72.8 Å². The molecule has 0 saturated heterocycles. The zero-order valence-corrected chi connectivity index (χ0v) is 26.0. The number of sulfonamides is 1. The molecule has 42 heavy (non-hydrogen) atoms. The summed E-state index contributed by atoms with van der Waals surface area (Å²) >= 11 is 0. The lowest BCUT2D eigenvalue weighted by atomic mass is 10.0. The number of benzene rings is 3. The lowest BCUT2D eigenvalue weighted by molar-refractivity contribution is -0.141. The Labute approximate surface area is 249 Å². The minimum Gasteiger partial charge on any atom is -0.352 e. The Kier molecular flexibility index (Phi) is 11.7. The third kappa shape index (κ3) is 9.41. The van der Waals surface area contributed by atoms with E-state index in [0.29, 0.717) is 17.7 Å². The number of aryl methyl sites for hydroxylation is 2. The van der Waals surface area contributed by atoms with E-state index in [-0.39, 0.29) is 49.6 Å². The van der Waals surface area contributed by atoms with Crippen molar-refractivity contribution >= 4 is 27.5 Å². The van der Waals surface area contributed by atoms with Crippen LogP contribution in [0.2, 0.25) is 0 Å². The van der Waals surface area contributed by atoms with Crippen molar-refractivity contribution in [3.8, 4) is 0 Å². The van der Waals surface area contributed by atoms with Crippen LogP contribution in [0.25, 0.3) is 0 Å². The van der Waals surface area contributed by atoms with Crippen LogP contribution in [0.3, 0.4) is 0 Å². The molecule has 0 aromatic heterocycles. The number of hydrogen-bond acceptors (Lipinski definition) is 4. The van der Waals surface area contributed by atoms with E-state index < -0.39 is 16.1 Å². The molecule has 7 nitrogen and oxygen atoms in total. The Balaban J connectivity index is 1.89. The van der Waals surface area contributed by atoms with Crippen molar-refractivity contribution < 1.29 is 22.4 Å². The first-order valence-corrected chi connectivity index (χ1v) is 16.2. The fourth-order valence-electron chi connectivity index (χ4n) is 4.67. The van der Waals surface area contributed by atoms with Gasteiger partial charge in [-0.3, -0.25) is 13.9 Å². The van der Waals surface area contributed by atoms with Crippen LogP contribution in [0.4, 0.5) is 10.1 Å². The second-order valence-corrected chi connectivity index (χ2v) is 12.8. The maximum absolute atomic E-state index is 13.9. The molecule has 9 heteroatoms. The molecule has 0 aliphatic heterocycles. The number of carbonyl (C=O) groups is 2. The van der Waals surface area contributed by atoms with Crippen molar-refractivity contribution in [2.75, 3.05) is 17.1 Å². The van der Waals surface area contributed by atoms with Gasteiger partial charge in [0, 0.05) is 32.0 Å². The minimum absolute atomic E-state index is 0.0277. The number of rotatable bonds is 14. The summed E-state index contributed by atoms with van der Waals surface area (Å²) < 4.78 is 40.4. The molecule has 0 spiro atoms. The topological polar surface area (TPSA) is 86.8 Å². The lowest BCUT2D eigenvalue weighted by Gasteiger charge is -2.32. The smallest absolute Gasteiger partial charge is 0.243 e. The first-order valence-electron chi connectivity index (χ1n) is 14.3. The van der Waals surface area contributed by atoms with Gasteiger partial charge >= 0.3 is 0 Å². The number of nitrogens with zero attached hydrogens (tertiary/aromatic N) is 2. The predicted octanol–water partition coefficient (Wildman–Crippen LogP) is 5.54. The van der Waals surface area contributed by atoms with E-state index in [1.807, 2.05) is 70.2 Å². The van der Waals surface area contributed by atoms with Gasteiger partial charge in [-0.15, -0.1) is 0 Å². The number of carbonyl (C=O) groups excluding carboxylic acids is 2. The summed E-state index contributed by atoms with van der Waals surface area (Å²) in [6.45, 7) is 7.99. The van der Waals surface area contributed by atoms with Gasteiger partial charge < -0.3 is 10.2 Å². The third-order valence-electron chi connectivity index (χ3n) is 7.47. The Hall–Kier alpha value is -3.72. The molecule has 0 bridgehead atoms. The van der Waals surface area contributed by atoms with Crippen molar-refractivity contribution in [3.05, 3.63) is 101 Å². The number of amides is 2. The summed E-state index contributed by atoms with van der Waals surface area (Å²) in [4.78, 5) is 29.0. The molecule has 2 atom stereocenters. The molecule has 0 saturated carbocycles. The molecule has 0 radical (unpaired) electrons. The van der Waals surface area contributed by atoms with Gasteiger partial charge in [-0.1, -0.05) is 55.5 Å². The Morgan fingerprint density at radius 2 is 1.60 bits per heavy atom. The zero-order chi connectivity index (χ0) is 30.9. The van der Waals surface area contributed by atoms with E-state index in [4.69, 9.17) is 0 Å². The Morgan fingerprint density at radius 3 is 2.19 bits per heavy atom. The zero-order valence-electron chi connectivity index (χ0n) is 25.1. The quantitative estimate of drug-likeness (QED) is 0.265. The van der Waals surface area contributed by atoms with Gasteiger partial charge in [0.05, 0.1) is 11.9 Å². The first kappa shape index (κ1) is 32.8. The van der Waals surface area contributed by atoms with Crippen molar-refractivity contribution in [2.24, 2.45) is 0 Å². The van der Waals surface area contributed by atoms with E-state index in [2.05, 4.69) is 5.32 Å². The number of anilines is 1. The maximum atomic E-state index is 13.9. The molecular formula is C33H42FN3O4S. The second-order valence-electron chi connectivity index (χ2n) is 10.9. The molecule has 3 aromatic rings. The standard InChI is InChI=1S/C33H42FN3O4S/c1-6-26(4)35-33(39)31(22-27-11-8-7-9-12-27)36(23-28-15-17-29(34)18-16-28)32(38)13-10-20-37(42(5,40)41)30-19-14-24(2)25(3)21-30/h7-9,11-12,14-19,21,26,31H,6,10,13,20,22-23H2,1-5H3,(H,35,39)/t26-,31-/m1/s1. The maximum Gasteiger partial charge on any atom is 0.243 e. The highest BCUT2D eigenvalue weighted by molar-refractivity contribution is 7.92. The molecule has 1 N–H and O–H groups in total. The molecule has 0 aliphatic carbocycles. The second kappa shape index (κ2) is 15.0. The van der Waals surface area contributed by atoms with Crippen LogP contribution < -0.4 is 9.62 Å². The molecule has 0 aliphatic rings. The van der Waals surface area contributed by atoms with Crippen LogP contribution in [0, 0.1) is 19.7 Å². The summed E-state index contributed by atoms with van der Waals surface area (Å²) in [5, 5.41) is 3.03. The van der Waals surface area contributed by atoms with Crippen LogP contribution >= 0.6 is 0 Å². The van der Waals surface area contributed by atoms with Crippen LogP contribution in [-0.4, -0.2) is 50.0 Å². The lowest BCUT2D eigenvalue weighted by Crippen LogP contribution is -2.52. The number of hydrogen-bond donors (Lipinski definition) is 1. The highest BCUT2D eigenvalue weighted by atomic mass is 32.2. The Morgan fingerprint density at radius 1 is 0.929 bits per heavy atom. The Bertz CT molecular complexity index is 1450. The SMILES string of the molecule is CC[C@@H](C)NC(=O)[C@@H](Cc1ccccc1)N(Cc1ccc(F)cc1)C(=O)CCCN(c1ccc(C)c(C)c1)S(C)(=O)=O. The average molecular weight is 596 g/mol. The third-order valence-corrected chi connectivity index (χ3v) is 8.66. The summed E-state index contributed by atoms with van der Waals surface area (Å²) in [6.07, 6.45) is 2.47. The molecule has 0 unspecified atom stereocenters. The predicted molar refractivity (Wildman–Crippen MR) is 166 cm³/mol. The molecule has 3 rings (SSSR count). The van der Waals surface area contributed by atoms with Gasteiger partial charge in [0.25, 0.3) is 0 Å². The molecule has 3 aromatic carbocycles. The van der Waals surface area contributed by atoms with E-state index >= 15 is 0 Å². The highest BCUT2D eigenvalue weighted by Gasteiger charge is 2.31. The van der Waals surface area contributed by atoms with E-state index in [9.17, 15) is 22.4 Å². The van der Waals surface area contributed by atoms with Gasteiger partial charge in [0.2, 0.25) is 21.8 Å². The van der Waals surface area contributed by atoms with Crippen molar-refractivity contribution in [1.29, 1.82) is 0 Å². The van der Waals surface area contributed by atoms with Crippen LogP contribution in [0.5, 0.6) is 0 Å². The van der Waals surface area contributed by atoms with Crippen LogP contribution in [-0.2, 0) is 32.6 Å².